The summed E-state index contributed by atoms with van der Waals surface area (Å²) < 4.78 is 29.2. The predicted octanol–water partition coefficient (Wildman–Crippen LogP) is 0.968. The van der Waals surface area contributed by atoms with Gasteiger partial charge >= 0.3 is 0 Å². The van der Waals surface area contributed by atoms with E-state index in [0.717, 1.165) is 25.9 Å². The van der Waals surface area contributed by atoms with Crippen molar-refractivity contribution in [3.63, 3.8) is 0 Å². The zero-order chi connectivity index (χ0) is 14.4. The van der Waals surface area contributed by atoms with Crippen LogP contribution in [-0.4, -0.2) is 38.9 Å². The lowest BCUT2D eigenvalue weighted by Gasteiger charge is -2.26. The second-order valence-corrected chi connectivity index (χ2v) is 6.70. The quantitative estimate of drug-likeness (QED) is 0.765. The van der Waals surface area contributed by atoms with Crippen LogP contribution in [0.25, 0.3) is 0 Å². The Balaban J connectivity index is 1.75. The fourth-order valence-electron chi connectivity index (χ4n) is 2.06. The van der Waals surface area contributed by atoms with Gasteiger partial charge < -0.3 is 10.5 Å². The summed E-state index contributed by atoms with van der Waals surface area (Å²) in [5.41, 5.74) is 6.21. The molecule has 1 aliphatic heterocycles. The van der Waals surface area contributed by atoms with E-state index in [1.54, 1.807) is 29.3 Å². The molecule has 1 aromatic carbocycles. The number of sulfonamides is 1. The maximum Gasteiger partial charge on any atom is 0.227 e. The molecular formula is C13H21N3O3S. The summed E-state index contributed by atoms with van der Waals surface area (Å²) in [7, 11) is -3.33. The molecule has 1 saturated heterocycles. The van der Waals surface area contributed by atoms with E-state index in [2.05, 4.69) is 4.83 Å². The molecule has 0 bridgehead atoms. The zero-order valence-electron chi connectivity index (χ0n) is 11.4. The third-order valence-electron chi connectivity index (χ3n) is 3.13. The second kappa shape index (κ2) is 6.92. The van der Waals surface area contributed by atoms with Gasteiger partial charge in [-0.3, -0.25) is 0 Å². The van der Waals surface area contributed by atoms with Crippen LogP contribution in [0.1, 0.15) is 19.3 Å². The lowest BCUT2D eigenvalue weighted by atomic mass is 10.2. The summed E-state index contributed by atoms with van der Waals surface area (Å²) in [6.07, 6.45) is 3.23. The van der Waals surface area contributed by atoms with E-state index < -0.39 is 10.0 Å². The maximum atomic E-state index is 11.9. The largest absolute Gasteiger partial charge is 0.492 e. The molecule has 0 atom stereocenters. The number of benzene rings is 1. The number of nitrogens with one attached hydrogen (secondary N) is 1. The number of hydrogen-bond donors (Lipinski definition) is 2. The lowest BCUT2D eigenvalue weighted by Crippen LogP contribution is -2.46. The molecule has 7 heteroatoms. The smallest absolute Gasteiger partial charge is 0.227 e. The fraction of sp³-hybridized carbons (Fsp3) is 0.538. The van der Waals surface area contributed by atoms with Crippen molar-refractivity contribution in [2.45, 2.75) is 19.3 Å². The average molecular weight is 299 g/mol. The molecule has 20 heavy (non-hydrogen) atoms. The van der Waals surface area contributed by atoms with Gasteiger partial charge in [0.05, 0.1) is 5.75 Å². The molecule has 1 aromatic rings. The number of rotatable bonds is 6. The highest BCUT2D eigenvalue weighted by molar-refractivity contribution is 7.89. The van der Waals surface area contributed by atoms with Crippen LogP contribution in [0, 0.1) is 0 Å². The molecule has 1 fully saturated rings. The zero-order valence-corrected chi connectivity index (χ0v) is 12.2. The van der Waals surface area contributed by atoms with Gasteiger partial charge in [-0.25, -0.2) is 13.4 Å². The Morgan fingerprint density at radius 3 is 2.45 bits per heavy atom. The van der Waals surface area contributed by atoms with E-state index in [0.29, 0.717) is 11.4 Å². The first-order chi connectivity index (χ1) is 9.55. The van der Waals surface area contributed by atoms with Gasteiger partial charge in [-0.15, -0.1) is 4.83 Å². The summed E-state index contributed by atoms with van der Waals surface area (Å²) in [5.74, 6) is 0.556. The predicted molar refractivity (Wildman–Crippen MR) is 78.7 cm³/mol. The number of piperidine rings is 1. The molecule has 0 spiro atoms. The van der Waals surface area contributed by atoms with E-state index >= 15 is 0 Å². The van der Waals surface area contributed by atoms with Crippen LogP contribution < -0.4 is 15.3 Å². The summed E-state index contributed by atoms with van der Waals surface area (Å²) in [4.78, 5) is 2.60. The number of nitrogens with two attached hydrogens (primary N) is 1. The molecule has 0 saturated carbocycles. The van der Waals surface area contributed by atoms with Gasteiger partial charge in [-0.05, 0) is 37.1 Å². The number of nitrogens with zero attached hydrogens (tertiary/aromatic N) is 1. The van der Waals surface area contributed by atoms with Crippen molar-refractivity contribution in [1.82, 2.24) is 9.84 Å². The molecular weight excluding hydrogens is 278 g/mol. The highest BCUT2D eigenvalue weighted by Crippen LogP contribution is 2.13. The third kappa shape index (κ3) is 4.99. The molecule has 1 heterocycles. The minimum Gasteiger partial charge on any atom is -0.492 e. The number of hydrogen-bond acceptors (Lipinski definition) is 5. The highest BCUT2D eigenvalue weighted by Gasteiger charge is 2.17. The number of ether oxygens (including phenoxy) is 1. The molecule has 0 aromatic heterocycles. The summed E-state index contributed by atoms with van der Waals surface area (Å²) >= 11 is 0. The molecule has 0 radical (unpaired) electrons. The van der Waals surface area contributed by atoms with Crippen LogP contribution in [0.3, 0.4) is 0 Å². The monoisotopic (exact) mass is 299 g/mol. The maximum absolute atomic E-state index is 11.9. The van der Waals surface area contributed by atoms with Gasteiger partial charge in [0, 0.05) is 18.8 Å². The minimum atomic E-state index is -3.33. The molecule has 0 amide bonds. The average Bonchev–Trinajstić information content (AvgIpc) is 2.41. The first-order valence-corrected chi connectivity index (χ1v) is 8.44. The van der Waals surface area contributed by atoms with Crippen molar-refractivity contribution in [3.8, 4) is 5.75 Å². The molecule has 2 rings (SSSR count). The van der Waals surface area contributed by atoms with Crippen LogP contribution in [-0.2, 0) is 10.0 Å². The molecule has 6 nitrogen and oxygen atoms in total. The number of hydrazine groups is 1. The first kappa shape index (κ1) is 15.1. The summed E-state index contributed by atoms with van der Waals surface area (Å²) in [5, 5.41) is 1.77. The van der Waals surface area contributed by atoms with Gasteiger partial charge in [0.15, 0.2) is 0 Å². The Morgan fingerprint density at radius 1 is 1.15 bits per heavy atom. The van der Waals surface area contributed by atoms with Crippen molar-refractivity contribution < 1.29 is 13.2 Å². The van der Waals surface area contributed by atoms with Crippen molar-refractivity contribution in [2.75, 3.05) is 31.2 Å². The van der Waals surface area contributed by atoms with E-state index in [1.165, 1.54) is 6.42 Å². The van der Waals surface area contributed by atoms with Crippen LogP contribution in [0.15, 0.2) is 24.3 Å². The summed E-state index contributed by atoms with van der Waals surface area (Å²) in [6, 6.07) is 6.88. The Morgan fingerprint density at radius 2 is 1.80 bits per heavy atom. The molecule has 3 N–H and O–H groups in total. The molecule has 112 valence electrons. The fourth-order valence-corrected chi connectivity index (χ4v) is 3.03. The van der Waals surface area contributed by atoms with Gasteiger partial charge in [-0.1, -0.05) is 6.42 Å². The molecule has 0 aliphatic carbocycles. The normalized spacial score (nSPS) is 17.0. The van der Waals surface area contributed by atoms with E-state index in [9.17, 15) is 8.42 Å². The van der Waals surface area contributed by atoms with Crippen molar-refractivity contribution >= 4 is 15.7 Å². The van der Waals surface area contributed by atoms with Gasteiger partial charge in [0.1, 0.15) is 12.4 Å². The molecule has 1 aliphatic rings. The van der Waals surface area contributed by atoms with E-state index in [4.69, 9.17) is 10.5 Å². The minimum absolute atomic E-state index is 0.0616. The van der Waals surface area contributed by atoms with Gasteiger partial charge in [0.2, 0.25) is 10.0 Å². The van der Waals surface area contributed by atoms with E-state index in [-0.39, 0.29) is 12.4 Å². The van der Waals surface area contributed by atoms with Crippen LogP contribution in [0.4, 0.5) is 5.69 Å². The lowest BCUT2D eigenvalue weighted by molar-refractivity contribution is 0.199. The second-order valence-electron chi connectivity index (χ2n) is 4.88. The number of anilines is 1. The van der Waals surface area contributed by atoms with Crippen molar-refractivity contribution in [2.24, 2.45) is 0 Å². The van der Waals surface area contributed by atoms with Crippen LogP contribution in [0.2, 0.25) is 0 Å². The third-order valence-corrected chi connectivity index (χ3v) is 4.37. The number of nitrogen functional groups attached to an aromatic ring is 1. The topological polar surface area (TPSA) is 84.7 Å². The van der Waals surface area contributed by atoms with Crippen LogP contribution >= 0.6 is 0 Å². The van der Waals surface area contributed by atoms with E-state index in [1.807, 2.05) is 0 Å². The summed E-state index contributed by atoms with van der Waals surface area (Å²) in [6.45, 7) is 1.67. The Labute approximate surface area is 119 Å². The van der Waals surface area contributed by atoms with Gasteiger partial charge in [0.25, 0.3) is 0 Å². The van der Waals surface area contributed by atoms with Gasteiger partial charge in [-0.2, -0.15) is 0 Å². The Bertz CT molecular complexity index is 510. The highest BCUT2D eigenvalue weighted by atomic mass is 32.2. The standard InChI is InChI=1S/C13H21N3O3S/c14-12-4-6-13(7-5-12)19-10-11-20(17,18)15-16-8-2-1-3-9-16/h4-7,15H,1-3,8-11,14H2. The Hall–Kier alpha value is -1.31. The SMILES string of the molecule is Nc1ccc(OCCS(=O)(=O)NN2CCCCC2)cc1. The van der Waals surface area contributed by atoms with Crippen molar-refractivity contribution in [1.29, 1.82) is 0 Å². The van der Waals surface area contributed by atoms with Crippen molar-refractivity contribution in [3.05, 3.63) is 24.3 Å². The molecule has 0 unspecified atom stereocenters. The van der Waals surface area contributed by atoms with Crippen LogP contribution in [0.5, 0.6) is 5.75 Å². The first-order valence-electron chi connectivity index (χ1n) is 6.79. The Kier molecular flexibility index (Phi) is 5.22.